The number of ether oxygens (including phenoxy) is 2. The lowest BCUT2D eigenvalue weighted by molar-refractivity contribution is -0.117. The molecule has 0 bridgehead atoms. The van der Waals surface area contributed by atoms with E-state index < -0.39 is 6.10 Å². The van der Waals surface area contributed by atoms with E-state index in [-0.39, 0.29) is 5.91 Å². The van der Waals surface area contributed by atoms with Gasteiger partial charge in [0.1, 0.15) is 12.4 Å². The minimum Gasteiger partial charge on any atom is -0.485 e. The van der Waals surface area contributed by atoms with Gasteiger partial charge in [-0.3, -0.25) is 9.79 Å². The molecule has 6 heteroatoms. The van der Waals surface area contributed by atoms with Crippen LogP contribution in [-0.2, 0) is 4.79 Å². The zero-order chi connectivity index (χ0) is 16.7. The third-order valence-corrected chi connectivity index (χ3v) is 3.71. The molecule has 6 nitrogen and oxygen atoms in total. The smallest absolute Gasteiger partial charge is 0.222 e. The van der Waals surface area contributed by atoms with E-state index in [1.807, 2.05) is 24.3 Å². The Hall–Kier alpha value is -2.08. The van der Waals surface area contributed by atoms with Crippen molar-refractivity contribution in [3.63, 3.8) is 0 Å². The summed E-state index contributed by atoms with van der Waals surface area (Å²) in [5, 5.41) is 2.78. The van der Waals surface area contributed by atoms with Crippen molar-refractivity contribution in [1.82, 2.24) is 10.2 Å². The summed E-state index contributed by atoms with van der Waals surface area (Å²) in [6.07, 6.45) is -0.398. The van der Waals surface area contributed by atoms with Gasteiger partial charge in [-0.1, -0.05) is 26.0 Å². The van der Waals surface area contributed by atoms with E-state index in [1.165, 1.54) is 6.92 Å². The van der Waals surface area contributed by atoms with Crippen LogP contribution in [0, 0.1) is 0 Å². The quantitative estimate of drug-likeness (QED) is 0.640. The first-order chi connectivity index (χ1) is 11.1. The fourth-order valence-electron chi connectivity index (χ4n) is 2.41. The highest BCUT2D eigenvalue weighted by Crippen LogP contribution is 2.30. The topological polar surface area (TPSA) is 63.2 Å². The molecular weight excluding hydrogens is 294 g/mol. The molecule has 1 atom stereocenters. The van der Waals surface area contributed by atoms with Gasteiger partial charge in [-0.2, -0.15) is 0 Å². The van der Waals surface area contributed by atoms with E-state index in [1.54, 1.807) is 0 Å². The van der Waals surface area contributed by atoms with Gasteiger partial charge in [-0.25, -0.2) is 0 Å². The number of benzene rings is 1. The van der Waals surface area contributed by atoms with Crippen LogP contribution in [0.5, 0.6) is 11.5 Å². The Balaban J connectivity index is 2.05. The molecule has 1 heterocycles. The van der Waals surface area contributed by atoms with Gasteiger partial charge in [0.2, 0.25) is 5.91 Å². The van der Waals surface area contributed by atoms with Crippen LogP contribution in [-0.4, -0.2) is 55.5 Å². The molecule has 0 aromatic heterocycles. The second kappa shape index (κ2) is 8.53. The molecule has 1 amide bonds. The fraction of sp³-hybridized carbons (Fsp3) is 0.529. The minimum absolute atomic E-state index is 0.158. The average molecular weight is 319 g/mol. The Bertz CT molecular complexity index is 556. The molecule has 1 aromatic rings. The number of carbonyl (C=O) groups excluding carboxylic acids is 1. The largest absolute Gasteiger partial charge is 0.485 e. The van der Waals surface area contributed by atoms with Crippen molar-refractivity contribution in [3.05, 3.63) is 24.3 Å². The first-order valence-corrected chi connectivity index (χ1v) is 8.06. The molecule has 126 valence electrons. The number of amides is 1. The summed E-state index contributed by atoms with van der Waals surface area (Å²) in [5.41, 5.74) is 0. The van der Waals surface area contributed by atoms with Crippen LogP contribution in [0.25, 0.3) is 0 Å². The van der Waals surface area contributed by atoms with E-state index in [2.05, 4.69) is 29.1 Å². The number of likely N-dealkylation sites (N-methyl/N-ethyl adjacent to an activating group) is 1. The molecule has 1 aliphatic heterocycles. The minimum atomic E-state index is -0.398. The molecule has 1 aromatic carbocycles. The molecule has 0 spiro atoms. The summed E-state index contributed by atoms with van der Waals surface area (Å²) in [6.45, 7) is 9.47. The number of nitrogens with zero attached hydrogens (tertiary/aromatic N) is 2. The maximum Gasteiger partial charge on any atom is 0.222 e. The van der Waals surface area contributed by atoms with Gasteiger partial charge in [0, 0.05) is 13.5 Å². The lowest BCUT2D eigenvalue weighted by Crippen LogP contribution is -2.46. The van der Waals surface area contributed by atoms with Gasteiger partial charge in [-0.05, 0) is 25.2 Å². The molecule has 2 rings (SSSR count). The normalized spacial score (nSPS) is 17.2. The van der Waals surface area contributed by atoms with Crippen LogP contribution in [0.1, 0.15) is 20.8 Å². The molecular formula is C17H25N3O3. The second-order valence-electron chi connectivity index (χ2n) is 5.34. The SMILES string of the molecule is CCN(CC)CCN=C(NC(C)=O)C1COc2ccccc2O1. The second-order valence-corrected chi connectivity index (χ2v) is 5.34. The predicted molar refractivity (Wildman–Crippen MR) is 90.3 cm³/mol. The summed E-state index contributed by atoms with van der Waals surface area (Å²) in [4.78, 5) is 18.3. The van der Waals surface area contributed by atoms with Crippen molar-refractivity contribution in [1.29, 1.82) is 0 Å². The summed E-state index contributed by atoms with van der Waals surface area (Å²) < 4.78 is 11.6. The van der Waals surface area contributed by atoms with Gasteiger partial charge in [0.25, 0.3) is 0 Å². The molecule has 0 radical (unpaired) electrons. The van der Waals surface area contributed by atoms with Crippen LogP contribution >= 0.6 is 0 Å². The highest BCUT2D eigenvalue weighted by Gasteiger charge is 2.26. The number of carbonyl (C=O) groups is 1. The average Bonchev–Trinajstić information content (AvgIpc) is 2.57. The fourth-order valence-corrected chi connectivity index (χ4v) is 2.41. The first kappa shape index (κ1) is 17.3. The third-order valence-electron chi connectivity index (χ3n) is 3.71. The zero-order valence-corrected chi connectivity index (χ0v) is 14.0. The Morgan fingerprint density at radius 2 is 2.00 bits per heavy atom. The van der Waals surface area contributed by atoms with Crippen molar-refractivity contribution in [3.8, 4) is 11.5 Å². The van der Waals surface area contributed by atoms with Crippen molar-refractivity contribution in [2.45, 2.75) is 26.9 Å². The van der Waals surface area contributed by atoms with E-state index in [0.29, 0.717) is 30.5 Å². The maximum atomic E-state index is 11.5. The van der Waals surface area contributed by atoms with Crippen LogP contribution in [0.15, 0.2) is 29.3 Å². The van der Waals surface area contributed by atoms with Gasteiger partial charge in [-0.15, -0.1) is 0 Å². The molecule has 0 aliphatic carbocycles. The van der Waals surface area contributed by atoms with Gasteiger partial charge < -0.3 is 19.7 Å². The van der Waals surface area contributed by atoms with Gasteiger partial charge in [0.15, 0.2) is 17.6 Å². The molecule has 1 N–H and O–H groups in total. The van der Waals surface area contributed by atoms with Crippen LogP contribution < -0.4 is 14.8 Å². The van der Waals surface area contributed by atoms with Crippen LogP contribution in [0.2, 0.25) is 0 Å². The molecule has 0 saturated heterocycles. The van der Waals surface area contributed by atoms with Gasteiger partial charge in [0.05, 0.1) is 6.54 Å². The number of hydrogen-bond acceptors (Lipinski definition) is 5. The van der Waals surface area contributed by atoms with Gasteiger partial charge >= 0.3 is 0 Å². The standard InChI is InChI=1S/C17H25N3O3/c1-4-20(5-2)11-10-18-17(19-13(3)21)16-12-22-14-8-6-7-9-15(14)23-16/h6-9,16H,4-5,10-12H2,1-3H3,(H,18,19,21). The highest BCUT2D eigenvalue weighted by atomic mass is 16.6. The molecule has 23 heavy (non-hydrogen) atoms. The third kappa shape index (κ3) is 4.96. The van der Waals surface area contributed by atoms with Crippen molar-refractivity contribution in [2.75, 3.05) is 32.8 Å². The van der Waals surface area contributed by atoms with E-state index in [0.717, 1.165) is 19.6 Å². The number of hydrogen-bond donors (Lipinski definition) is 1. The lowest BCUT2D eigenvalue weighted by atomic mass is 10.2. The zero-order valence-electron chi connectivity index (χ0n) is 14.0. The van der Waals surface area contributed by atoms with Crippen molar-refractivity contribution >= 4 is 11.7 Å². The number of nitrogens with one attached hydrogen (secondary N) is 1. The number of para-hydroxylation sites is 2. The monoisotopic (exact) mass is 319 g/mol. The highest BCUT2D eigenvalue weighted by molar-refractivity contribution is 6.00. The summed E-state index contributed by atoms with van der Waals surface area (Å²) in [7, 11) is 0. The Morgan fingerprint density at radius 1 is 1.30 bits per heavy atom. The molecule has 0 fully saturated rings. The summed E-state index contributed by atoms with van der Waals surface area (Å²) in [6, 6.07) is 7.50. The number of amidine groups is 1. The first-order valence-electron chi connectivity index (χ1n) is 8.06. The van der Waals surface area contributed by atoms with Crippen LogP contribution in [0.3, 0.4) is 0 Å². The maximum absolute atomic E-state index is 11.5. The Labute approximate surface area is 137 Å². The summed E-state index contributed by atoms with van der Waals surface area (Å²) >= 11 is 0. The number of aliphatic imine (C=N–C) groups is 1. The Morgan fingerprint density at radius 3 is 2.65 bits per heavy atom. The summed E-state index contributed by atoms with van der Waals surface area (Å²) in [5.74, 6) is 1.76. The van der Waals surface area contributed by atoms with Crippen LogP contribution in [0.4, 0.5) is 0 Å². The molecule has 1 unspecified atom stereocenters. The number of rotatable bonds is 6. The van der Waals surface area contributed by atoms with Crippen molar-refractivity contribution < 1.29 is 14.3 Å². The molecule has 1 aliphatic rings. The molecule has 0 saturated carbocycles. The predicted octanol–water partition coefficient (Wildman–Crippen LogP) is 1.70. The van der Waals surface area contributed by atoms with E-state index >= 15 is 0 Å². The van der Waals surface area contributed by atoms with Crippen molar-refractivity contribution in [2.24, 2.45) is 4.99 Å². The van der Waals surface area contributed by atoms with E-state index in [9.17, 15) is 4.79 Å². The lowest BCUT2D eigenvalue weighted by Gasteiger charge is -2.27. The van der Waals surface area contributed by atoms with E-state index in [4.69, 9.17) is 9.47 Å². The Kier molecular flexibility index (Phi) is 6.40. The number of fused-ring (bicyclic) bond motifs is 1.